The van der Waals surface area contributed by atoms with Crippen molar-refractivity contribution in [1.29, 1.82) is 0 Å². The van der Waals surface area contributed by atoms with Crippen LogP contribution in [0, 0.1) is 0 Å². The number of carboxylic acids is 1. The molecule has 0 bridgehead atoms. The van der Waals surface area contributed by atoms with Gasteiger partial charge in [0.15, 0.2) is 0 Å². The van der Waals surface area contributed by atoms with E-state index in [2.05, 4.69) is 5.32 Å². The van der Waals surface area contributed by atoms with Crippen molar-refractivity contribution in [3.05, 3.63) is 54.4 Å². The summed E-state index contributed by atoms with van der Waals surface area (Å²) in [4.78, 5) is 24.1. The summed E-state index contributed by atoms with van der Waals surface area (Å²) in [5.41, 5.74) is 0.0287. The first-order chi connectivity index (χ1) is 11.1. The number of ether oxygens (including phenoxy) is 1. The zero-order valence-corrected chi connectivity index (χ0v) is 12.6. The van der Waals surface area contributed by atoms with Crippen LogP contribution in [0.1, 0.15) is 23.2 Å². The van der Waals surface area contributed by atoms with E-state index in [1.165, 1.54) is 0 Å². The van der Waals surface area contributed by atoms with Gasteiger partial charge in [-0.25, -0.2) is 4.79 Å². The predicted octanol–water partition coefficient (Wildman–Crippen LogP) is 1.84. The van der Waals surface area contributed by atoms with Gasteiger partial charge in [0.25, 0.3) is 5.91 Å². The highest BCUT2D eigenvalue weighted by Crippen LogP contribution is 2.22. The van der Waals surface area contributed by atoms with Gasteiger partial charge in [-0.3, -0.25) is 4.79 Å². The molecule has 3 rings (SSSR count). The number of nitrogens with zero attached hydrogens (tertiary/aromatic N) is 1. The second-order valence-electron chi connectivity index (χ2n) is 5.59. The maximum absolute atomic E-state index is 12.5. The first kappa shape index (κ1) is 15.3. The highest BCUT2D eigenvalue weighted by Gasteiger charge is 2.41. The van der Waals surface area contributed by atoms with E-state index < -0.39 is 11.5 Å². The molecule has 2 N–H and O–H groups in total. The molecule has 0 spiro atoms. The van der Waals surface area contributed by atoms with E-state index >= 15 is 0 Å². The van der Waals surface area contributed by atoms with Crippen LogP contribution in [0.25, 0.3) is 5.69 Å². The summed E-state index contributed by atoms with van der Waals surface area (Å²) >= 11 is 0. The number of rotatable bonds is 4. The van der Waals surface area contributed by atoms with E-state index in [1.807, 2.05) is 35.2 Å². The van der Waals surface area contributed by atoms with Crippen LogP contribution in [-0.4, -0.2) is 40.3 Å². The summed E-state index contributed by atoms with van der Waals surface area (Å²) in [6, 6.07) is 10.9. The molecule has 1 saturated heterocycles. The topological polar surface area (TPSA) is 80.6 Å². The molecule has 1 fully saturated rings. The molecule has 1 aliphatic rings. The van der Waals surface area contributed by atoms with Crippen LogP contribution in [0.15, 0.2) is 48.8 Å². The molecule has 120 valence electrons. The van der Waals surface area contributed by atoms with E-state index in [9.17, 15) is 14.7 Å². The van der Waals surface area contributed by atoms with E-state index in [0.29, 0.717) is 18.8 Å². The molecule has 6 nitrogen and oxygen atoms in total. The summed E-state index contributed by atoms with van der Waals surface area (Å²) in [7, 11) is 0. The summed E-state index contributed by atoms with van der Waals surface area (Å²) in [5.74, 6) is -1.40. The van der Waals surface area contributed by atoms with Crippen molar-refractivity contribution in [1.82, 2.24) is 9.88 Å². The third-order valence-corrected chi connectivity index (χ3v) is 4.12. The fourth-order valence-corrected chi connectivity index (χ4v) is 2.72. The zero-order valence-electron chi connectivity index (χ0n) is 12.6. The maximum Gasteiger partial charge on any atom is 0.329 e. The molecule has 1 amide bonds. The molecule has 23 heavy (non-hydrogen) atoms. The van der Waals surface area contributed by atoms with Crippen LogP contribution in [0.5, 0.6) is 0 Å². The molecule has 0 radical (unpaired) electrons. The van der Waals surface area contributed by atoms with E-state index in [-0.39, 0.29) is 18.7 Å². The molecule has 2 aromatic rings. The molecule has 2 heterocycles. The Hall–Kier alpha value is -2.60. The summed E-state index contributed by atoms with van der Waals surface area (Å²) in [6.45, 7) is 0.659. The molecule has 0 atom stereocenters. The van der Waals surface area contributed by atoms with E-state index in [4.69, 9.17) is 4.74 Å². The number of hydrogen-bond acceptors (Lipinski definition) is 3. The molecule has 0 aliphatic carbocycles. The summed E-state index contributed by atoms with van der Waals surface area (Å²) in [5, 5.41) is 12.2. The van der Waals surface area contributed by atoms with Gasteiger partial charge < -0.3 is 19.7 Å². The van der Waals surface area contributed by atoms with Crippen LogP contribution in [0.4, 0.5) is 0 Å². The molecule has 0 unspecified atom stereocenters. The van der Waals surface area contributed by atoms with Crippen LogP contribution >= 0.6 is 0 Å². The lowest BCUT2D eigenvalue weighted by molar-refractivity contribution is -0.148. The van der Waals surface area contributed by atoms with Gasteiger partial charge >= 0.3 is 5.97 Å². The third-order valence-electron chi connectivity index (χ3n) is 4.12. The predicted molar refractivity (Wildman–Crippen MR) is 83.7 cm³/mol. The third kappa shape index (κ3) is 3.12. The Morgan fingerprint density at radius 1 is 1.13 bits per heavy atom. The Kier molecular flexibility index (Phi) is 4.16. The second-order valence-corrected chi connectivity index (χ2v) is 5.59. The number of carbonyl (C=O) groups is 2. The first-order valence-corrected chi connectivity index (χ1v) is 7.48. The Morgan fingerprint density at radius 2 is 1.83 bits per heavy atom. The molecule has 6 heteroatoms. The second kappa shape index (κ2) is 6.26. The number of carboxylic acid groups (broad SMARTS) is 1. The number of aliphatic carboxylic acids is 1. The fraction of sp³-hybridized carbons (Fsp3) is 0.294. The zero-order chi connectivity index (χ0) is 16.3. The molecule has 1 aliphatic heterocycles. The van der Waals surface area contributed by atoms with Gasteiger partial charge in [-0.2, -0.15) is 0 Å². The lowest BCUT2D eigenvalue weighted by atomic mass is 9.89. The van der Waals surface area contributed by atoms with Crippen molar-refractivity contribution in [2.45, 2.75) is 18.4 Å². The minimum Gasteiger partial charge on any atom is -0.480 e. The first-order valence-electron chi connectivity index (χ1n) is 7.48. The highest BCUT2D eigenvalue weighted by molar-refractivity contribution is 5.98. The van der Waals surface area contributed by atoms with Crippen LogP contribution in [0.2, 0.25) is 0 Å². The van der Waals surface area contributed by atoms with Crippen LogP contribution in [0.3, 0.4) is 0 Å². The minimum atomic E-state index is -1.25. The number of benzene rings is 1. The van der Waals surface area contributed by atoms with Crippen molar-refractivity contribution < 1.29 is 19.4 Å². The fourth-order valence-electron chi connectivity index (χ4n) is 2.72. The van der Waals surface area contributed by atoms with Gasteiger partial charge in [0, 0.05) is 49.7 Å². The van der Waals surface area contributed by atoms with E-state index in [0.717, 1.165) is 5.69 Å². The lowest BCUT2D eigenvalue weighted by Crippen LogP contribution is -2.57. The average Bonchev–Trinajstić information content (AvgIpc) is 3.10. The largest absolute Gasteiger partial charge is 0.480 e. The van der Waals surface area contributed by atoms with Crippen molar-refractivity contribution in [2.75, 3.05) is 13.2 Å². The van der Waals surface area contributed by atoms with Gasteiger partial charge in [-0.05, 0) is 30.3 Å². The maximum atomic E-state index is 12.5. The lowest BCUT2D eigenvalue weighted by Gasteiger charge is -2.33. The molecule has 0 saturated carbocycles. The van der Waals surface area contributed by atoms with Crippen LogP contribution in [-0.2, 0) is 9.53 Å². The Balaban J connectivity index is 1.83. The quantitative estimate of drug-likeness (QED) is 0.902. The van der Waals surface area contributed by atoms with Gasteiger partial charge in [0.05, 0.1) is 0 Å². The number of amides is 1. The molecule has 1 aromatic heterocycles. The minimum absolute atomic E-state index is 0.269. The van der Waals surface area contributed by atoms with Crippen LogP contribution < -0.4 is 5.32 Å². The number of carbonyl (C=O) groups excluding carboxylic acids is 1. The van der Waals surface area contributed by atoms with Gasteiger partial charge in [-0.1, -0.05) is 6.07 Å². The van der Waals surface area contributed by atoms with E-state index in [1.54, 1.807) is 18.2 Å². The average molecular weight is 314 g/mol. The van der Waals surface area contributed by atoms with Crippen molar-refractivity contribution in [3.8, 4) is 5.69 Å². The SMILES string of the molecule is O=C(NC1(C(=O)O)CCOCC1)c1cccc(-n2cccc2)c1. The Labute approximate surface area is 133 Å². The number of hydrogen-bond donors (Lipinski definition) is 2. The van der Waals surface area contributed by atoms with Crippen molar-refractivity contribution in [3.63, 3.8) is 0 Å². The molecular weight excluding hydrogens is 296 g/mol. The van der Waals surface area contributed by atoms with Crippen molar-refractivity contribution in [2.24, 2.45) is 0 Å². The summed E-state index contributed by atoms with van der Waals surface area (Å²) < 4.78 is 7.10. The summed E-state index contributed by atoms with van der Waals surface area (Å²) in [6.07, 6.45) is 4.30. The normalized spacial score (nSPS) is 16.7. The smallest absolute Gasteiger partial charge is 0.329 e. The molecular formula is C17H18N2O4. The van der Waals surface area contributed by atoms with Gasteiger partial charge in [0.1, 0.15) is 5.54 Å². The van der Waals surface area contributed by atoms with Gasteiger partial charge in [-0.15, -0.1) is 0 Å². The monoisotopic (exact) mass is 314 g/mol. The van der Waals surface area contributed by atoms with Crippen molar-refractivity contribution >= 4 is 11.9 Å². The number of nitrogens with one attached hydrogen (secondary N) is 1. The standard InChI is InChI=1S/C17H18N2O4/c20-15(18-17(16(21)22)6-10-23-11-7-17)13-4-3-5-14(12-13)19-8-1-2-9-19/h1-5,8-9,12H,6-7,10-11H2,(H,18,20)(H,21,22). The Bertz CT molecular complexity index is 703. The molecule has 1 aromatic carbocycles. The highest BCUT2D eigenvalue weighted by atomic mass is 16.5. The number of aromatic nitrogens is 1. The Morgan fingerprint density at radius 3 is 2.48 bits per heavy atom. The van der Waals surface area contributed by atoms with Gasteiger partial charge in [0.2, 0.25) is 0 Å².